The fourth-order valence-corrected chi connectivity index (χ4v) is 1.84. The highest BCUT2D eigenvalue weighted by molar-refractivity contribution is 4.77. The highest BCUT2D eigenvalue weighted by atomic mass is 16.5. The number of aliphatic hydroxyl groups excluding tert-OH is 1. The lowest BCUT2D eigenvalue weighted by atomic mass is 9.85. The summed E-state index contributed by atoms with van der Waals surface area (Å²) < 4.78 is 10.4. The number of ether oxygens (including phenoxy) is 2. The Morgan fingerprint density at radius 1 is 1.20 bits per heavy atom. The molecule has 0 aliphatic heterocycles. The van der Waals surface area contributed by atoms with Gasteiger partial charge in [-0.15, -0.1) is 0 Å². The van der Waals surface area contributed by atoms with Gasteiger partial charge in [-0.2, -0.15) is 0 Å². The van der Waals surface area contributed by atoms with E-state index < -0.39 is 0 Å². The van der Waals surface area contributed by atoms with E-state index in [9.17, 15) is 5.11 Å². The number of aliphatic hydroxyl groups is 1. The lowest BCUT2D eigenvalue weighted by Gasteiger charge is -2.30. The van der Waals surface area contributed by atoms with Crippen molar-refractivity contribution in [3.8, 4) is 0 Å². The van der Waals surface area contributed by atoms with Crippen molar-refractivity contribution >= 4 is 0 Å². The molecule has 3 nitrogen and oxygen atoms in total. The monoisotopic (exact) mass is 218 g/mol. The molecule has 0 aromatic rings. The molecule has 0 saturated carbocycles. The zero-order valence-electron chi connectivity index (χ0n) is 10.7. The van der Waals surface area contributed by atoms with Crippen molar-refractivity contribution in [1.29, 1.82) is 0 Å². The molecule has 0 bridgehead atoms. The summed E-state index contributed by atoms with van der Waals surface area (Å²) in [7, 11) is 3.38. The first-order valence-corrected chi connectivity index (χ1v) is 5.78. The van der Waals surface area contributed by atoms with Gasteiger partial charge in [-0.1, -0.05) is 20.8 Å². The van der Waals surface area contributed by atoms with Crippen LogP contribution in [0.1, 0.15) is 33.6 Å². The van der Waals surface area contributed by atoms with Crippen LogP contribution in [0.5, 0.6) is 0 Å². The van der Waals surface area contributed by atoms with Crippen molar-refractivity contribution in [3.05, 3.63) is 0 Å². The maximum atomic E-state index is 9.81. The Labute approximate surface area is 93.8 Å². The Hall–Kier alpha value is -0.120. The van der Waals surface area contributed by atoms with Gasteiger partial charge < -0.3 is 14.6 Å². The maximum Gasteiger partial charge on any atom is 0.0857 e. The minimum absolute atomic E-state index is 0.0677. The third-order valence-corrected chi connectivity index (χ3v) is 3.26. The Morgan fingerprint density at radius 2 is 1.80 bits per heavy atom. The predicted octanol–water partition coefficient (Wildman–Crippen LogP) is 2.08. The molecule has 3 heteroatoms. The summed E-state index contributed by atoms with van der Waals surface area (Å²) in [5.41, 5.74) is 0. The molecule has 15 heavy (non-hydrogen) atoms. The van der Waals surface area contributed by atoms with Crippen molar-refractivity contribution in [2.24, 2.45) is 11.8 Å². The molecule has 0 aliphatic rings. The van der Waals surface area contributed by atoms with Gasteiger partial charge in [-0.05, 0) is 24.7 Å². The summed E-state index contributed by atoms with van der Waals surface area (Å²) in [5, 5.41) is 9.81. The van der Waals surface area contributed by atoms with Crippen LogP contribution in [0.4, 0.5) is 0 Å². The van der Waals surface area contributed by atoms with Crippen LogP contribution in [0.3, 0.4) is 0 Å². The predicted molar refractivity (Wildman–Crippen MR) is 61.9 cm³/mol. The van der Waals surface area contributed by atoms with Gasteiger partial charge >= 0.3 is 0 Å². The van der Waals surface area contributed by atoms with E-state index in [1.54, 1.807) is 14.2 Å². The van der Waals surface area contributed by atoms with Crippen LogP contribution in [0.15, 0.2) is 0 Å². The lowest BCUT2D eigenvalue weighted by Crippen LogP contribution is -2.36. The molecule has 0 aromatic carbocycles. The molecule has 0 saturated heterocycles. The Kier molecular flexibility index (Phi) is 8.02. The number of methoxy groups -OCH3 is 2. The molecular formula is C12H26O3. The van der Waals surface area contributed by atoms with Crippen LogP contribution in [0.25, 0.3) is 0 Å². The molecule has 1 N–H and O–H groups in total. The summed E-state index contributed by atoms with van der Waals surface area (Å²) in [5.74, 6) is 0.844. The van der Waals surface area contributed by atoms with Gasteiger partial charge in [0, 0.05) is 20.8 Å². The summed E-state index contributed by atoms with van der Waals surface area (Å²) >= 11 is 0. The maximum absolute atomic E-state index is 9.81. The second-order valence-corrected chi connectivity index (χ2v) is 4.29. The van der Waals surface area contributed by atoms with Crippen LogP contribution in [0, 0.1) is 11.8 Å². The van der Waals surface area contributed by atoms with Gasteiger partial charge in [-0.25, -0.2) is 0 Å². The van der Waals surface area contributed by atoms with Crippen LogP contribution in [-0.2, 0) is 9.47 Å². The van der Waals surface area contributed by atoms with Crippen molar-refractivity contribution in [1.82, 2.24) is 0 Å². The zero-order valence-corrected chi connectivity index (χ0v) is 10.7. The zero-order chi connectivity index (χ0) is 11.8. The normalized spacial score (nSPS) is 19.6. The molecule has 0 spiro atoms. The van der Waals surface area contributed by atoms with E-state index in [0.29, 0.717) is 11.8 Å². The molecular weight excluding hydrogens is 192 g/mol. The topological polar surface area (TPSA) is 38.7 Å². The average Bonchev–Trinajstić information content (AvgIpc) is 2.26. The number of rotatable bonds is 8. The third-order valence-electron chi connectivity index (χ3n) is 3.26. The molecule has 0 rings (SSSR count). The van der Waals surface area contributed by atoms with Gasteiger partial charge in [0.05, 0.1) is 12.2 Å². The first kappa shape index (κ1) is 14.9. The number of hydrogen-bond acceptors (Lipinski definition) is 3. The Morgan fingerprint density at radius 3 is 2.20 bits per heavy atom. The largest absolute Gasteiger partial charge is 0.390 e. The first-order valence-electron chi connectivity index (χ1n) is 5.78. The van der Waals surface area contributed by atoms with Crippen LogP contribution >= 0.6 is 0 Å². The summed E-state index contributed by atoms with van der Waals surface area (Å²) in [6.07, 6.45) is 1.31. The van der Waals surface area contributed by atoms with E-state index in [0.717, 1.165) is 19.4 Å². The van der Waals surface area contributed by atoms with E-state index >= 15 is 0 Å². The lowest BCUT2D eigenvalue weighted by molar-refractivity contribution is -0.0571. The molecule has 0 aliphatic carbocycles. The van der Waals surface area contributed by atoms with Crippen molar-refractivity contribution in [3.63, 3.8) is 0 Å². The molecule has 92 valence electrons. The van der Waals surface area contributed by atoms with Crippen LogP contribution < -0.4 is 0 Å². The smallest absolute Gasteiger partial charge is 0.0857 e. The molecule has 0 radical (unpaired) electrons. The van der Waals surface area contributed by atoms with E-state index in [1.165, 1.54) is 0 Å². The minimum Gasteiger partial charge on any atom is -0.390 e. The van der Waals surface area contributed by atoms with E-state index in [2.05, 4.69) is 13.8 Å². The second kappa shape index (κ2) is 8.08. The minimum atomic E-state index is -0.366. The standard InChI is InChI=1S/C12H26O3/c1-6-11(13)12(15-5)10(3)9(2)7-8-14-4/h9-13H,6-8H2,1-5H3. The fraction of sp³-hybridized carbons (Fsp3) is 1.00. The fourth-order valence-electron chi connectivity index (χ4n) is 1.84. The first-order chi connectivity index (χ1) is 7.08. The molecule has 4 atom stereocenters. The molecule has 0 heterocycles. The summed E-state index contributed by atoms with van der Waals surface area (Å²) in [6, 6.07) is 0. The van der Waals surface area contributed by atoms with E-state index in [1.807, 2.05) is 6.92 Å². The van der Waals surface area contributed by atoms with Gasteiger partial charge in [-0.3, -0.25) is 0 Å². The summed E-state index contributed by atoms with van der Waals surface area (Å²) in [6.45, 7) is 7.05. The highest BCUT2D eigenvalue weighted by Crippen LogP contribution is 2.23. The Bertz CT molecular complexity index is 150. The SMILES string of the molecule is CCC(O)C(OC)C(C)C(C)CCOC. The summed E-state index contributed by atoms with van der Waals surface area (Å²) in [4.78, 5) is 0. The Balaban J connectivity index is 4.17. The average molecular weight is 218 g/mol. The van der Waals surface area contributed by atoms with Gasteiger partial charge in [0.2, 0.25) is 0 Å². The van der Waals surface area contributed by atoms with E-state index in [-0.39, 0.29) is 12.2 Å². The van der Waals surface area contributed by atoms with Gasteiger partial charge in [0.25, 0.3) is 0 Å². The van der Waals surface area contributed by atoms with Crippen LogP contribution in [0.2, 0.25) is 0 Å². The van der Waals surface area contributed by atoms with Crippen molar-refractivity contribution in [2.45, 2.75) is 45.8 Å². The van der Waals surface area contributed by atoms with Gasteiger partial charge in [0.15, 0.2) is 0 Å². The molecule has 4 unspecified atom stereocenters. The number of hydrogen-bond donors (Lipinski definition) is 1. The molecule has 0 aromatic heterocycles. The van der Waals surface area contributed by atoms with E-state index in [4.69, 9.17) is 9.47 Å². The molecule has 0 fully saturated rings. The van der Waals surface area contributed by atoms with Crippen LogP contribution in [-0.4, -0.2) is 38.1 Å². The van der Waals surface area contributed by atoms with Gasteiger partial charge in [0.1, 0.15) is 0 Å². The quantitative estimate of drug-likeness (QED) is 0.678. The molecule has 0 amide bonds. The third kappa shape index (κ3) is 4.96. The van der Waals surface area contributed by atoms with Crippen molar-refractivity contribution in [2.75, 3.05) is 20.8 Å². The van der Waals surface area contributed by atoms with Crippen molar-refractivity contribution < 1.29 is 14.6 Å². The second-order valence-electron chi connectivity index (χ2n) is 4.29. The highest BCUT2D eigenvalue weighted by Gasteiger charge is 2.27.